The first-order valence-electron chi connectivity index (χ1n) is 11.4. The SMILES string of the molecule is CS(=O)(=O)c1cccc(NC(=O)Oc2cnn3c(C(F)(F)F)cc(-c4ccc(C(F)(F)F)c(OCC(F)(F)F)c4)nc23)c1. The lowest BCUT2D eigenvalue weighted by Crippen LogP contribution is -2.21. The monoisotopic (exact) mass is 642 g/mol. The number of aromatic nitrogens is 3. The number of halogens is 9. The summed E-state index contributed by atoms with van der Waals surface area (Å²) in [6.07, 6.45) is -15.1. The van der Waals surface area contributed by atoms with Crippen LogP contribution in [-0.2, 0) is 22.2 Å². The van der Waals surface area contributed by atoms with Gasteiger partial charge in [0.25, 0.3) is 0 Å². The Morgan fingerprint density at radius 2 is 1.63 bits per heavy atom. The summed E-state index contributed by atoms with van der Waals surface area (Å²) in [6, 6.07) is 6.68. The van der Waals surface area contributed by atoms with Gasteiger partial charge in [-0.05, 0) is 36.4 Å². The molecule has 0 radical (unpaired) electrons. The van der Waals surface area contributed by atoms with Gasteiger partial charge in [-0.25, -0.2) is 22.7 Å². The van der Waals surface area contributed by atoms with Crippen LogP contribution in [0.25, 0.3) is 16.9 Å². The van der Waals surface area contributed by atoms with Gasteiger partial charge in [0.05, 0.1) is 22.3 Å². The van der Waals surface area contributed by atoms with Crippen LogP contribution in [0.1, 0.15) is 11.3 Å². The van der Waals surface area contributed by atoms with Gasteiger partial charge in [-0.1, -0.05) is 12.1 Å². The lowest BCUT2D eigenvalue weighted by molar-refractivity contribution is -0.158. The topological polar surface area (TPSA) is 112 Å². The molecular formula is C24H15F9N4O5S. The molecule has 4 aromatic rings. The Hall–Kier alpha value is -4.55. The highest BCUT2D eigenvalue weighted by Crippen LogP contribution is 2.40. The fourth-order valence-electron chi connectivity index (χ4n) is 3.61. The van der Waals surface area contributed by atoms with Crippen molar-refractivity contribution in [2.24, 2.45) is 0 Å². The number of sulfone groups is 1. The van der Waals surface area contributed by atoms with Crippen LogP contribution in [0, 0.1) is 0 Å². The van der Waals surface area contributed by atoms with E-state index in [0.717, 1.165) is 12.3 Å². The second-order valence-electron chi connectivity index (χ2n) is 8.70. The van der Waals surface area contributed by atoms with E-state index in [1.807, 2.05) is 0 Å². The Morgan fingerprint density at radius 3 is 2.23 bits per heavy atom. The number of benzene rings is 2. The molecule has 2 aromatic carbocycles. The van der Waals surface area contributed by atoms with Crippen LogP contribution in [0.15, 0.2) is 59.6 Å². The molecule has 0 fully saturated rings. The second-order valence-corrected chi connectivity index (χ2v) is 10.7. The van der Waals surface area contributed by atoms with Crippen LogP contribution >= 0.6 is 0 Å². The Bertz CT molecular complexity index is 1800. The zero-order valence-electron chi connectivity index (χ0n) is 21.1. The number of amides is 1. The van der Waals surface area contributed by atoms with Gasteiger partial charge in [0, 0.05) is 17.5 Å². The largest absolute Gasteiger partial charge is 0.483 e. The highest BCUT2D eigenvalue weighted by Gasteiger charge is 2.38. The van der Waals surface area contributed by atoms with Crippen LogP contribution in [-0.4, -0.2) is 48.1 Å². The summed E-state index contributed by atoms with van der Waals surface area (Å²) in [7, 11) is -3.66. The second kappa shape index (κ2) is 10.9. The van der Waals surface area contributed by atoms with E-state index in [2.05, 4.69) is 20.1 Å². The van der Waals surface area contributed by atoms with Crippen LogP contribution in [0.3, 0.4) is 0 Å². The van der Waals surface area contributed by atoms with Gasteiger partial charge in [-0.2, -0.15) is 44.6 Å². The number of alkyl halides is 9. The molecule has 0 unspecified atom stereocenters. The molecule has 2 aromatic heterocycles. The molecule has 43 heavy (non-hydrogen) atoms. The zero-order valence-corrected chi connectivity index (χ0v) is 21.9. The maximum atomic E-state index is 13.9. The van der Waals surface area contributed by atoms with Crippen molar-refractivity contribution in [3.8, 4) is 22.8 Å². The first-order chi connectivity index (χ1) is 19.7. The van der Waals surface area contributed by atoms with Crippen molar-refractivity contribution in [1.29, 1.82) is 0 Å². The van der Waals surface area contributed by atoms with Crippen molar-refractivity contribution < 1.29 is 62.2 Å². The molecular weight excluding hydrogens is 627 g/mol. The smallest absolute Gasteiger partial charge is 0.433 e. The average Bonchev–Trinajstić information content (AvgIpc) is 3.27. The van der Waals surface area contributed by atoms with Crippen molar-refractivity contribution >= 4 is 27.3 Å². The van der Waals surface area contributed by atoms with E-state index in [4.69, 9.17) is 4.74 Å². The van der Waals surface area contributed by atoms with E-state index in [0.29, 0.717) is 30.5 Å². The number of anilines is 1. The third-order valence-electron chi connectivity index (χ3n) is 5.42. The quantitative estimate of drug-likeness (QED) is 0.243. The summed E-state index contributed by atoms with van der Waals surface area (Å²) in [5.41, 5.74) is -5.15. The van der Waals surface area contributed by atoms with Gasteiger partial charge in [0.2, 0.25) is 0 Å². The zero-order chi connectivity index (χ0) is 32.0. The lowest BCUT2D eigenvalue weighted by Gasteiger charge is -2.17. The van der Waals surface area contributed by atoms with Gasteiger partial charge < -0.3 is 9.47 Å². The van der Waals surface area contributed by atoms with Crippen molar-refractivity contribution in [1.82, 2.24) is 14.6 Å². The van der Waals surface area contributed by atoms with Gasteiger partial charge in [-0.15, -0.1) is 0 Å². The number of hydrogen-bond donors (Lipinski definition) is 1. The van der Waals surface area contributed by atoms with E-state index >= 15 is 0 Å². The first kappa shape index (κ1) is 31.4. The third kappa shape index (κ3) is 7.46. The predicted octanol–water partition coefficient (Wildman–Crippen LogP) is 6.39. The molecule has 4 rings (SSSR count). The number of nitrogens with one attached hydrogen (secondary N) is 1. The van der Waals surface area contributed by atoms with E-state index < -0.39 is 80.7 Å². The molecule has 9 nitrogen and oxygen atoms in total. The van der Waals surface area contributed by atoms with Crippen LogP contribution in [0.2, 0.25) is 0 Å². The maximum absolute atomic E-state index is 13.9. The van der Waals surface area contributed by atoms with Crippen molar-refractivity contribution in [3.63, 3.8) is 0 Å². The molecule has 19 heteroatoms. The number of hydrogen-bond acceptors (Lipinski definition) is 7. The molecule has 230 valence electrons. The van der Waals surface area contributed by atoms with Crippen molar-refractivity contribution in [3.05, 3.63) is 66.0 Å². The number of nitrogens with zero attached hydrogens (tertiary/aromatic N) is 3. The Kier molecular flexibility index (Phi) is 7.98. The van der Waals surface area contributed by atoms with Gasteiger partial charge in [0.15, 0.2) is 33.5 Å². The number of rotatable bonds is 6. The van der Waals surface area contributed by atoms with Gasteiger partial charge in [-0.3, -0.25) is 5.32 Å². The van der Waals surface area contributed by atoms with Gasteiger partial charge in [0.1, 0.15) is 5.75 Å². The molecule has 0 saturated carbocycles. The average molecular weight is 642 g/mol. The third-order valence-corrected chi connectivity index (χ3v) is 6.53. The summed E-state index contributed by atoms with van der Waals surface area (Å²) in [6.45, 7) is -2.12. The van der Waals surface area contributed by atoms with Crippen LogP contribution in [0.5, 0.6) is 11.5 Å². The van der Waals surface area contributed by atoms with E-state index in [1.165, 1.54) is 18.2 Å². The van der Waals surface area contributed by atoms with Gasteiger partial charge >= 0.3 is 24.6 Å². The minimum atomic E-state index is -5.17. The number of ether oxygens (including phenoxy) is 2. The molecule has 0 spiro atoms. The first-order valence-corrected chi connectivity index (χ1v) is 13.3. The lowest BCUT2D eigenvalue weighted by atomic mass is 10.1. The van der Waals surface area contributed by atoms with Crippen LogP contribution < -0.4 is 14.8 Å². The Balaban J connectivity index is 1.76. The Morgan fingerprint density at radius 1 is 0.930 bits per heavy atom. The number of carbonyl (C=O) groups excluding carboxylic acids is 1. The fraction of sp³-hybridized carbons (Fsp3) is 0.208. The van der Waals surface area contributed by atoms with Crippen molar-refractivity contribution in [2.75, 3.05) is 18.2 Å². The normalized spacial score (nSPS) is 12.8. The molecule has 1 amide bonds. The predicted molar refractivity (Wildman–Crippen MR) is 129 cm³/mol. The fourth-order valence-corrected chi connectivity index (χ4v) is 4.27. The molecule has 0 aliphatic rings. The minimum absolute atomic E-state index is 0.0647. The summed E-state index contributed by atoms with van der Waals surface area (Å²) in [5, 5.41) is 5.67. The number of fused-ring (bicyclic) bond motifs is 1. The minimum Gasteiger partial charge on any atom is -0.483 e. The highest BCUT2D eigenvalue weighted by molar-refractivity contribution is 7.90. The summed E-state index contributed by atoms with van der Waals surface area (Å²) in [4.78, 5) is 16.2. The maximum Gasteiger partial charge on any atom is 0.433 e. The molecule has 0 aliphatic carbocycles. The molecule has 2 heterocycles. The Labute approximate surface area is 234 Å². The molecule has 0 atom stereocenters. The van der Waals surface area contributed by atoms with E-state index in [1.54, 1.807) is 0 Å². The van der Waals surface area contributed by atoms with Crippen LogP contribution in [0.4, 0.5) is 50.0 Å². The summed E-state index contributed by atoms with van der Waals surface area (Å²) < 4.78 is 153. The summed E-state index contributed by atoms with van der Waals surface area (Å²) in [5.74, 6) is -1.98. The highest BCUT2D eigenvalue weighted by atomic mass is 32.2. The van der Waals surface area contributed by atoms with E-state index in [-0.39, 0.29) is 15.1 Å². The number of carbonyl (C=O) groups is 1. The summed E-state index contributed by atoms with van der Waals surface area (Å²) >= 11 is 0. The van der Waals surface area contributed by atoms with E-state index in [9.17, 15) is 52.7 Å². The molecule has 0 bridgehead atoms. The standard InChI is InChI=1S/C24H15F9N4O5S/c1-43(39,40)14-4-2-3-13(8-14)35-21(38)42-18-10-34-37-19(24(31,32)33)9-16(36-20(18)37)12-5-6-15(23(28,29)30)17(7-12)41-11-22(25,26)27/h2-10H,11H2,1H3,(H,35,38). The van der Waals surface area contributed by atoms with Crippen molar-refractivity contribution in [2.45, 2.75) is 23.4 Å². The molecule has 0 aliphatic heterocycles. The molecule has 1 N–H and O–H groups in total. The molecule has 0 saturated heterocycles.